The molecule has 1 aliphatic heterocycles. The van der Waals surface area contributed by atoms with Gasteiger partial charge in [0.15, 0.2) is 16.6 Å². The number of hydrogen-bond donors (Lipinski definition) is 2. The van der Waals surface area contributed by atoms with E-state index in [1.165, 1.54) is 11.3 Å². The number of ether oxygens (including phenoxy) is 2. The largest absolute Gasteiger partial charge is 0.486 e. The van der Waals surface area contributed by atoms with Gasteiger partial charge < -0.3 is 20.1 Å². The fraction of sp³-hybridized carbons (Fsp3) is 0.318. The highest BCUT2D eigenvalue weighted by atomic mass is 32.1. The number of nitrogens with zero attached hydrogens (tertiary/aromatic N) is 1. The quantitative estimate of drug-likeness (QED) is 0.650. The number of carbonyl (C=O) groups is 2. The molecule has 0 saturated carbocycles. The van der Waals surface area contributed by atoms with Crippen molar-refractivity contribution in [2.45, 2.75) is 26.8 Å². The van der Waals surface area contributed by atoms with Crippen LogP contribution in [0.3, 0.4) is 0 Å². The number of fused-ring (bicyclic) bond motifs is 2. The third kappa shape index (κ3) is 4.23. The predicted molar refractivity (Wildman–Crippen MR) is 117 cm³/mol. The van der Waals surface area contributed by atoms with E-state index in [9.17, 15) is 9.59 Å². The summed E-state index contributed by atoms with van der Waals surface area (Å²) in [5, 5.41) is 6.15. The van der Waals surface area contributed by atoms with E-state index in [-0.39, 0.29) is 17.7 Å². The highest BCUT2D eigenvalue weighted by molar-refractivity contribution is 7.22. The number of carbonyl (C=O) groups excluding carboxylic acids is 2. The molecule has 0 radical (unpaired) electrons. The van der Waals surface area contributed by atoms with Gasteiger partial charge in [0, 0.05) is 17.7 Å². The summed E-state index contributed by atoms with van der Waals surface area (Å²) in [6, 6.07) is 10.3. The van der Waals surface area contributed by atoms with Crippen LogP contribution in [0.25, 0.3) is 10.2 Å². The molecule has 1 atom stereocenters. The molecule has 0 aliphatic carbocycles. The van der Waals surface area contributed by atoms with Gasteiger partial charge in [0.2, 0.25) is 5.91 Å². The van der Waals surface area contributed by atoms with Crippen molar-refractivity contribution in [3.63, 3.8) is 0 Å². The van der Waals surface area contributed by atoms with Crippen molar-refractivity contribution >= 4 is 38.5 Å². The van der Waals surface area contributed by atoms with Crippen LogP contribution in [-0.4, -0.2) is 36.1 Å². The van der Waals surface area contributed by atoms with Crippen molar-refractivity contribution in [3.05, 3.63) is 47.5 Å². The van der Waals surface area contributed by atoms with Crippen LogP contribution in [0.15, 0.2) is 36.4 Å². The molecule has 2 heterocycles. The van der Waals surface area contributed by atoms with Crippen LogP contribution < -0.4 is 20.1 Å². The molecule has 7 nitrogen and oxygen atoms in total. The Bertz CT molecular complexity index is 1070. The molecule has 3 aromatic rings. The second-order valence-electron chi connectivity index (χ2n) is 7.54. The Kier molecular flexibility index (Phi) is 5.59. The molecule has 0 spiro atoms. The van der Waals surface area contributed by atoms with E-state index < -0.39 is 6.04 Å². The van der Waals surface area contributed by atoms with Gasteiger partial charge in [-0.3, -0.25) is 9.59 Å². The van der Waals surface area contributed by atoms with Crippen LogP contribution in [0.4, 0.5) is 5.13 Å². The van der Waals surface area contributed by atoms with Crippen molar-refractivity contribution in [1.29, 1.82) is 0 Å². The van der Waals surface area contributed by atoms with Crippen molar-refractivity contribution in [2.24, 2.45) is 5.92 Å². The van der Waals surface area contributed by atoms with Gasteiger partial charge in [-0.05, 0) is 25.0 Å². The number of benzene rings is 2. The number of thiazole rings is 1. The van der Waals surface area contributed by atoms with Crippen molar-refractivity contribution in [3.8, 4) is 11.5 Å². The Morgan fingerprint density at radius 3 is 2.53 bits per heavy atom. The standard InChI is InChI=1S/C22H23N3O4S/c1-12(2)19(24-20(26)14-6-4-5-13(3)9-14)21(27)25-22-23-15-10-16-17(11-18(15)30-22)29-8-7-28-16/h4-6,9-12,19H,7-8H2,1-3H3,(H,24,26)(H,23,25,27). The van der Waals surface area contributed by atoms with Crippen LogP contribution in [-0.2, 0) is 4.79 Å². The maximum atomic E-state index is 12.9. The van der Waals surface area contributed by atoms with E-state index in [1.807, 2.05) is 45.0 Å². The molecular weight excluding hydrogens is 402 g/mol. The SMILES string of the molecule is Cc1cccc(C(=O)NC(C(=O)Nc2nc3cc4c(cc3s2)OCCO4)C(C)C)c1. The number of amides is 2. The lowest BCUT2D eigenvalue weighted by Gasteiger charge is -2.21. The van der Waals surface area contributed by atoms with E-state index >= 15 is 0 Å². The van der Waals surface area contributed by atoms with Gasteiger partial charge in [-0.25, -0.2) is 4.98 Å². The summed E-state index contributed by atoms with van der Waals surface area (Å²) in [7, 11) is 0. The van der Waals surface area contributed by atoms with Crippen LogP contribution in [0.5, 0.6) is 11.5 Å². The Labute approximate surface area is 178 Å². The number of anilines is 1. The van der Waals surface area contributed by atoms with Gasteiger partial charge >= 0.3 is 0 Å². The van der Waals surface area contributed by atoms with Gasteiger partial charge in [-0.2, -0.15) is 0 Å². The number of aryl methyl sites for hydroxylation is 1. The third-order valence-electron chi connectivity index (χ3n) is 4.80. The Hall–Kier alpha value is -3.13. The minimum atomic E-state index is -0.690. The lowest BCUT2D eigenvalue weighted by molar-refractivity contribution is -0.118. The van der Waals surface area contributed by atoms with Crippen LogP contribution in [0.2, 0.25) is 0 Å². The zero-order valence-electron chi connectivity index (χ0n) is 17.0. The lowest BCUT2D eigenvalue weighted by Crippen LogP contribution is -2.47. The fourth-order valence-corrected chi connectivity index (χ4v) is 4.13. The van der Waals surface area contributed by atoms with Crippen molar-refractivity contribution in [2.75, 3.05) is 18.5 Å². The molecule has 156 valence electrons. The van der Waals surface area contributed by atoms with Gasteiger partial charge in [0.25, 0.3) is 5.91 Å². The highest BCUT2D eigenvalue weighted by Gasteiger charge is 2.26. The molecule has 2 amide bonds. The molecule has 2 aromatic carbocycles. The summed E-state index contributed by atoms with van der Waals surface area (Å²) >= 11 is 1.35. The maximum absolute atomic E-state index is 12.9. The van der Waals surface area contributed by atoms with Crippen LogP contribution >= 0.6 is 11.3 Å². The molecule has 4 rings (SSSR count). The average Bonchev–Trinajstić information content (AvgIpc) is 3.10. The van der Waals surface area contributed by atoms with E-state index in [0.29, 0.717) is 35.4 Å². The molecule has 0 saturated heterocycles. The molecule has 8 heteroatoms. The highest BCUT2D eigenvalue weighted by Crippen LogP contribution is 2.37. The summed E-state index contributed by atoms with van der Waals surface area (Å²) in [4.78, 5) is 30.0. The smallest absolute Gasteiger partial charge is 0.251 e. The molecule has 0 fully saturated rings. The Balaban J connectivity index is 1.51. The topological polar surface area (TPSA) is 89.6 Å². The van der Waals surface area contributed by atoms with E-state index in [2.05, 4.69) is 15.6 Å². The Morgan fingerprint density at radius 1 is 1.10 bits per heavy atom. The summed E-state index contributed by atoms with van der Waals surface area (Å²) in [6.45, 7) is 6.72. The molecule has 1 aliphatic rings. The monoisotopic (exact) mass is 425 g/mol. The fourth-order valence-electron chi connectivity index (χ4n) is 3.25. The lowest BCUT2D eigenvalue weighted by atomic mass is 10.0. The van der Waals surface area contributed by atoms with Gasteiger partial charge in [0.05, 0.1) is 10.2 Å². The zero-order chi connectivity index (χ0) is 21.3. The first-order chi connectivity index (χ1) is 14.4. The minimum absolute atomic E-state index is 0.0951. The van der Waals surface area contributed by atoms with Crippen molar-refractivity contribution < 1.29 is 19.1 Å². The minimum Gasteiger partial charge on any atom is -0.486 e. The first-order valence-electron chi connectivity index (χ1n) is 9.79. The zero-order valence-corrected chi connectivity index (χ0v) is 17.8. The van der Waals surface area contributed by atoms with E-state index in [4.69, 9.17) is 9.47 Å². The molecule has 0 bridgehead atoms. The summed E-state index contributed by atoms with van der Waals surface area (Å²) in [6.07, 6.45) is 0. The van der Waals surface area contributed by atoms with Gasteiger partial charge in [0.1, 0.15) is 19.3 Å². The maximum Gasteiger partial charge on any atom is 0.251 e. The first-order valence-corrected chi connectivity index (χ1v) is 10.6. The Morgan fingerprint density at radius 2 is 1.83 bits per heavy atom. The second-order valence-corrected chi connectivity index (χ2v) is 8.57. The molecule has 2 N–H and O–H groups in total. The number of hydrogen-bond acceptors (Lipinski definition) is 6. The first kappa shape index (κ1) is 20.2. The molecule has 1 unspecified atom stereocenters. The number of aromatic nitrogens is 1. The van der Waals surface area contributed by atoms with Crippen LogP contribution in [0, 0.1) is 12.8 Å². The normalized spacial score (nSPS) is 13.9. The number of rotatable bonds is 5. The van der Waals surface area contributed by atoms with E-state index in [0.717, 1.165) is 15.8 Å². The molecule has 30 heavy (non-hydrogen) atoms. The van der Waals surface area contributed by atoms with Gasteiger partial charge in [-0.1, -0.05) is 42.9 Å². The predicted octanol–water partition coefficient (Wildman–Crippen LogP) is 3.77. The van der Waals surface area contributed by atoms with E-state index in [1.54, 1.807) is 12.1 Å². The summed E-state index contributed by atoms with van der Waals surface area (Å²) in [5.41, 5.74) is 2.24. The average molecular weight is 426 g/mol. The summed E-state index contributed by atoms with van der Waals surface area (Å²) < 4.78 is 12.1. The number of nitrogens with one attached hydrogen (secondary N) is 2. The second kappa shape index (κ2) is 8.31. The molecular formula is C22H23N3O4S. The summed E-state index contributed by atoms with van der Waals surface area (Å²) in [5.74, 6) is 0.659. The van der Waals surface area contributed by atoms with Crippen molar-refractivity contribution in [1.82, 2.24) is 10.3 Å². The van der Waals surface area contributed by atoms with Crippen LogP contribution in [0.1, 0.15) is 29.8 Å². The van der Waals surface area contributed by atoms with Gasteiger partial charge in [-0.15, -0.1) is 0 Å². The molecule has 1 aromatic heterocycles. The third-order valence-corrected chi connectivity index (χ3v) is 5.73.